The third-order valence-corrected chi connectivity index (χ3v) is 4.24. The molecule has 1 fully saturated rings. The molecule has 2 N–H and O–H groups in total. The summed E-state index contributed by atoms with van der Waals surface area (Å²) in [5.74, 6) is -0.00104. The summed E-state index contributed by atoms with van der Waals surface area (Å²) < 4.78 is 0. The number of aliphatic carboxylic acids is 1. The average Bonchev–Trinajstić information content (AvgIpc) is 2.34. The van der Waals surface area contributed by atoms with Gasteiger partial charge in [-0.15, -0.1) is 0 Å². The molecule has 3 unspecified atom stereocenters. The van der Waals surface area contributed by atoms with Crippen molar-refractivity contribution in [2.45, 2.75) is 71.0 Å². The van der Waals surface area contributed by atoms with Crippen LogP contribution in [0.3, 0.4) is 0 Å². The van der Waals surface area contributed by atoms with Gasteiger partial charge >= 0.3 is 5.97 Å². The van der Waals surface area contributed by atoms with Crippen LogP contribution in [0, 0.1) is 5.92 Å². The minimum Gasteiger partial charge on any atom is -0.480 e. The van der Waals surface area contributed by atoms with Crippen LogP contribution in [-0.4, -0.2) is 47.7 Å². The summed E-state index contributed by atoms with van der Waals surface area (Å²) in [4.78, 5) is 13.6. The van der Waals surface area contributed by atoms with E-state index < -0.39 is 12.0 Å². The quantitative estimate of drug-likeness (QED) is 0.745. The van der Waals surface area contributed by atoms with Crippen LogP contribution in [-0.2, 0) is 4.79 Å². The lowest BCUT2D eigenvalue weighted by Crippen LogP contribution is -2.45. The Kier molecular flexibility index (Phi) is 6.80. The zero-order valence-corrected chi connectivity index (χ0v) is 12.9. The maximum Gasteiger partial charge on any atom is 0.320 e. The molecule has 0 aromatic carbocycles. The first-order valence-electron chi connectivity index (χ1n) is 7.61. The van der Waals surface area contributed by atoms with Crippen molar-refractivity contribution in [3.05, 3.63) is 0 Å². The molecule has 1 aliphatic carbocycles. The van der Waals surface area contributed by atoms with Gasteiger partial charge in [0.1, 0.15) is 6.04 Å². The molecule has 4 nitrogen and oxygen atoms in total. The van der Waals surface area contributed by atoms with Gasteiger partial charge in [-0.3, -0.25) is 4.79 Å². The summed E-state index contributed by atoms with van der Waals surface area (Å²) in [6, 6.07) is 0.406. The Morgan fingerprint density at radius 2 is 2.00 bits per heavy atom. The van der Waals surface area contributed by atoms with Crippen molar-refractivity contribution in [3.8, 4) is 0 Å². The number of hydrogen-bond acceptors (Lipinski definition) is 3. The lowest BCUT2D eigenvalue weighted by Gasteiger charge is -2.36. The Labute approximate surface area is 117 Å². The van der Waals surface area contributed by atoms with Gasteiger partial charge in [-0.2, -0.15) is 0 Å². The van der Waals surface area contributed by atoms with Crippen molar-refractivity contribution in [1.82, 2.24) is 10.2 Å². The molecule has 1 rings (SSSR count). The second kappa shape index (κ2) is 7.85. The highest BCUT2D eigenvalue weighted by Crippen LogP contribution is 2.27. The molecule has 0 amide bonds. The predicted molar refractivity (Wildman–Crippen MR) is 78.4 cm³/mol. The van der Waals surface area contributed by atoms with Crippen LogP contribution < -0.4 is 5.32 Å². The summed E-state index contributed by atoms with van der Waals surface area (Å²) in [6.45, 7) is 7.15. The van der Waals surface area contributed by atoms with E-state index in [1.54, 1.807) is 0 Å². The van der Waals surface area contributed by atoms with Gasteiger partial charge in [0, 0.05) is 18.6 Å². The van der Waals surface area contributed by atoms with Gasteiger partial charge in [-0.25, -0.2) is 0 Å². The second-order valence-corrected chi connectivity index (χ2v) is 6.31. The fourth-order valence-electron chi connectivity index (χ4n) is 3.13. The van der Waals surface area contributed by atoms with E-state index in [9.17, 15) is 9.90 Å². The molecule has 0 bridgehead atoms. The fraction of sp³-hybridized carbons (Fsp3) is 0.933. The second-order valence-electron chi connectivity index (χ2n) is 6.31. The van der Waals surface area contributed by atoms with Gasteiger partial charge in [0.05, 0.1) is 0 Å². The Morgan fingerprint density at radius 3 is 2.53 bits per heavy atom. The third kappa shape index (κ3) is 5.49. The lowest BCUT2D eigenvalue weighted by atomic mass is 9.85. The lowest BCUT2D eigenvalue weighted by molar-refractivity contribution is -0.140. The monoisotopic (exact) mass is 270 g/mol. The summed E-state index contributed by atoms with van der Waals surface area (Å²) in [5, 5.41) is 12.3. The first-order chi connectivity index (χ1) is 8.91. The van der Waals surface area contributed by atoms with Gasteiger partial charge < -0.3 is 15.3 Å². The number of carboxylic acids is 1. The first kappa shape index (κ1) is 16.4. The molecule has 1 saturated carbocycles. The van der Waals surface area contributed by atoms with E-state index in [0.29, 0.717) is 12.5 Å². The average molecular weight is 270 g/mol. The Morgan fingerprint density at radius 1 is 1.37 bits per heavy atom. The standard InChI is InChI=1S/C15H30N2O2/c1-11(2)16-13(15(18)19)9-10-17(4)14-8-6-5-7-12(14)3/h11-14,16H,5-10H2,1-4H3,(H,18,19). The third-order valence-electron chi connectivity index (χ3n) is 4.24. The zero-order valence-electron chi connectivity index (χ0n) is 12.9. The normalized spacial score (nSPS) is 25.8. The maximum atomic E-state index is 11.2. The Hall–Kier alpha value is -0.610. The Balaban J connectivity index is 2.42. The van der Waals surface area contributed by atoms with Crippen molar-refractivity contribution >= 4 is 5.97 Å². The van der Waals surface area contributed by atoms with Gasteiger partial charge in [0.2, 0.25) is 0 Å². The van der Waals surface area contributed by atoms with Crippen molar-refractivity contribution in [3.63, 3.8) is 0 Å². The van der Waals surface area contributed by atoms with Crippen LogP contribution in [0.5, 0.6) is 0 Å². The van der Waals surface area contributed by atoms with Gasteiger partial charge in [-0.1, -0.05) is 33.6 Å². The minimum atomic E-state index is -0.737. The number of carbonyl (C=O) groups is 1. The molecule has 0 heterocycles. The maximum absolute atomic E-state index is 11.2. The van der Waals surface area contributed by atoms with E-state index in [1.807, 2.05) is 13.8 Å². The molecule has 0 aliphatic heterocycles. The molecule has 0 spiro atoms. The first-order valence-corrected chi connectivity index (χ1v) is 7.61. The van der Waals surface area contributed by atoms with E-state index in [2.05, 4.69) is 24.2 Å². The van der Waals surface area contributed by atoms with Crippen LogP contribution >= 0.6 is 0 Å². The van der Waals surface area contributed by atoms with Crippen LogP contribution in [0.15, 0.2) is 0 Å². The topological polar surface area (TPSA) is 52.6 Å². The molecule has 0 aromatic rings. The SMILES string of the molecule is CC(C)NC(CCN(C)C1CCCCC1C)C(=O)O. The fourth-order valence-corrected chi connectivity index (χ4v) is 3.13. The summed E-state index contributed by atoms with van der Waals surface area (Å²) >= 11 is 0. The van der Waals surface area contributed by atoms with Crippen LogP contribution in [0.4, 0.5) is 0 Å². The molecule has 0 radical (unpaired) electrons. The van der Waals surface area contributed by atoms with Crippen molar-refractivity contribution in [2.24, 2.45) is 5.92 Å². The van der Waals surface area contributed by atoms with Crippen LogP contribution in [0.25, 0.3) is 0 Å². The zero-order chi connectivity index (χ0) is 14.4. The number of carboxylic acid groups (broad SMARTS) is 1. The molecule has 0 aromatic heterocycles. The number of nitrogens with zero attached hydrogens (tertiary/aromatic N) is 1. The molecule has 4 heteroatoms. The number of hydrogen-bond donors (Lipinski definition) is 2. The molecule has 19 heavy (non-hydrogen) atoms. The highest BCUT2D eigenvalue weighted by Gasteiger charge is 2.26. The highest BCUT2D eigenvalue weighted by molar-refractivity contribution is 5.73. The molecule has 112 valence electrons. The largest absolute Gasteiger partial charge is 0.480 e. The minimum absolute atomic E-state index is 0.208. The van der Waals surface area contributed by atoms with E-state index in [1.165, 1.54) is 25.7 Å². The molecule has 0 saturated heterocycles. The summed E-state index contributed by atoms with van der Waals surface area (Å²) in [6.07, 6.45) is 5.89. The van der Waals surface area contributed by atoms with E-state index in [-0.39, 0.29) is 6.04 Å². The van der Waals surface area contributed by atoms with E-state index in [0.717, 1.165) is 12.5 Å². The number of nitrogens with one attached hydrogen (secondary N) is 1. The number of rotatable bonds is 7. The molecular weight excluding hydrogens is 240 g/mol. The van der Waals surface area contributed by atoms with Crippen molar-refractivity contribution in [2.75, 3.05) is 13.6 Å². The van der Waals surface area contributed by atoms with Crippen molar-refractivity contribution < 1.29 is 9.90 Å². The van der Waals surface area contributed by atoms with Gasteiger partial charge in [-0.05, 0) is 32.2 Å². The van der Waals surface area contributed by atoms with Gasteiger partial charge in [0.15, 0.2) is 0 Å². The highest BCUT2D eigenvalue weighted by atomic mass is 16.4. The van der Waals surface area contributed by atoms with E-state index >= 15 is 0 Å². The molecular formula is C15H30N2O2. The van der Waals surface area contributed by atoms with Crippen molar-refractivity contribution in [1.29, 1.82) is 0 Å². The van der Waals surface area contributed by atoms with Crippen LogP contribution in [0.2, 0.25) is 0 Å². The predicted octanol–water partition coefficient (Wildman–Crippen LogP) is 2.34. The summed E-state index contributed by atoms with van der Waals surface area (Å²) in [7, 11) is 2.14. The Bertz CT molecular complexity index is 281. The van der Waals surface area contributed by atoms with Gasteiger partial charge in [0.25, 0.3) is 0 Å². The van der Waals surface area contributed by atoms with E-state index in [4.69, 9.17) is 0 Å². The molecule has 3 atom stereocenters. The molecule has 1 aliphatic rings. The van der Waals surface area contributed by atoms with Crippen LogP contribution in [0.1, 0.15) is 52.9 Å². The summed E-state index contributed by atoms with van der Waals surface area (Å²) in [5.41, 5.74) is 0. The smallest absolute Gasteiger partial charge is 0.320 e.